The van der Waals surface area contributed by atoms with E-state index in [1.54, 1.807) is 44.2 Å². The molecule has 0 spiro atoms. The molecule has 3 aromatic heterocycles. The van der Waals surface area contributed by atoms with Gasteiger partial charge in [-0.2, -0.15) is 0 Å². The number of para-hydroxylation sites is 1. The molecule has 392 valence electrons. The van der Waals surface area contributed by atoms with E-state index in [-0.39, 0.29) is 44.1 Å². The predicted molar refractivity (Wildman–Crippen MR) is 281 cm³/mol. The average Bonchev–Trinajstić information content (AvgIpc) is 3.81. The molecule has 0 bridgehead atoms. The number of anilines is 3. The number of unbranched alkanes of at least 4 members (excludes halogenated alkanes) is 1. The number of aryl methyl sites for hydroxylation is 1. The van der Waals surface area contributed by atoms with Crippen molar-refractivity contribution in [2.24, 2.45) is 5.41 Å². The lowest BCUT2D eigenvalue weighted by atomic mass is 9.85. The number of likely N-dealkylation sites (tertiary alicyclic amines) is 2. The van der Waals surface area contributed by atoms with Crippen molar-refractivity contribution < 1.29 is 33.7 Å². The number of ether oxygens (including phenoxy) is 1. The summed E-state index contributed by atoms with van der Waals surface area (Å²) in [4.78, 5) is 64.3. The number of aliphatic hydroxyl groups excluding tert-OH is 1. The first-order valence-electron chi connectivity index (χ1n) is 26.0. The number of aromatic hydroxyl groups is 1. The summed E-state index contributed by atoms with van der Waals surface area (Å²) in [5.74, 6) is 0.950. The largest absolute Gasteiger partial charge is 0.507 e. The Bertz CT molecular complexity index is 2830. The maximum atomic E-state index is 14.7. The fourth-order valence-electron chi connectivity index (χ4n) is 10.7. The van der Waals surface area contributed by atoms with Gasteiger partial charge in [0.15, 0.2) is 11.5 Å². The normalized spacial score (nSPS) is 21.1. The van der Waals surface area contributed by atoms with Gasteiger partial charge in [0.2, 0.25) is 17.8 Å². The summed E-state index contributed by atoms with van der Waals surface area (Å²) < 4.78 is 21.2. The van der Waals surface area contributed by atoms with Crippen molar-refractivity contribution in [1.82, 2.24) is 45.6 Å². The van der Waals surface area contributed by atoms with E-state index in [0.717, 1.165) is 111 Å². The van der Waals surface area contributed by atoms with Crippen LogP contribution in [0.1, 0.15) is 88.5 Å². The highest BCUT2D eigenvalue weighted by molar-refractivity contribution is 7.13. The van der Waals surface area contributed by atoms with Gasteiger partial charge in [-0.25, -0.2) is 19.3 Å². The minimum absolute atomic E-state index is 0.0407. The Kier molecular flexibility index (Phi) is 14.7. The molecule has 0 unspecified atom stereocenters. The summed E-state index contributed by atoms with van der Waals surface area (Å²) in [5.41, 5.74) is 5.19. The van der Waals surface area contributed by atoms with Crippen LogP contribution in [0.2, 0.25) is 0 Å². The highest BCUT2D eigenvalue weighted by atomic mass is 32.1. The number of hydrogen-bond acceptors (Lipinski definition) is 16. The summed E-state index contributed by atoms with van der Waals surface area (Å²) in [7, 11) is 0. The second kappa shape index (κ2) is 21.4. The summed E-state index contributed by atoms with van der Waals surface area (Å²) in [6.07, 6.45) is 7.23. The molecule has 5 aromatic rings. The molecular formula is C54H67FN12O6S. The van der Waals surface area contributed by atoms with Crippen molar-refractivity contribution in [3.8, 4) is 33.2 Å². The number of nitrogens with one attached hydrogen (secondary N) is 3. The second-order valence-corrected chi connectivity index (χ2v) is 22.4. The molecule has 4 fully saturated rings. The van der Waals surface area contributed by atoms with E-state index in [9.17, 15) is 29.0 Å². The Morgan fingerprint density at radius 3 is 2.50 bits per heavy atom. The van der Waals surface area contributed by atoms with E-state index in [4.69, 9.17) is 14.7 Å². The Balaban J connectivity index is 0.693. The fourth-order valence-corrected chi connectivity index (χ4v) is 11.5. The number of fused-ring (bicyclic) bond motifs is 3. The zero-order valence-corrected chi connectivity index (χ0v) is 43.4. The molecule has 2 aromatic carbocycles. The minimum Gasteiger partial charge on any atom is -0.507 e. The van der Waals surface area contributed by atoms with Gasteiger partial charge in [0.25, 0.3) is 5.91 Å². The maximum absolute atomic E-state index is 14.7. The first kappa shape index (κ1) is 51.0. The molecule has 1 aliphatic carbocycles. The molecule has 1 saturated carbocycles. The molecule has 74 heavy (non-hydrogen) atoms. The lowest BCUT2D eigenvalue weighted by Gasteiger charge is -2.45. The Morgan fingerprint density at radius 2 is 1.77 bits per heavy atom. The molecule has 5 aliphatic rings. The number of rotatable bonds is 16. The van der Waals surface area contributed by atoms with Gasteiger partial charge in [-0.1, -0.05) is 45.0 Å². The molecule has 3 saturated heterocycles. The van der Waals surface area contributed by atoms with Crippen LogP contribution in [0, 0.1) is 12.3 Å². The number of aliphatic hydroxyl groups is 1. The third-order valence-corrected chi connectivity index (χ3v) is 16.2. The van der Waals surface area contributed by atoms with Crippen molar-refractivity contribution in [1.29, 1.82) is 0 Å². The van der Waals surface area contributed by atoms with Gasteiger partial charge in [-0.05, 0) is 112 Å². The van der Waals surface area contributed by atoms with Gasteiger partial charge >= 0.3 is 0 Å². The van der Waals surface area contributed by atoms with E-state index in [0.29, 0.717) is 29.5 Å². The van der Waals surface area contributed by atoms with E-state index in [1.807, 2.05) is 61.2 Å². The van der Waals surface area contributed by atoms with Crippen LogP contribution in [0.5, 0.6) is 11.5 Å². The maximum Gasteiger partial charge on any atom is 0.258 e. The molecule has 20 heteroatoms. The van der Waals surface area contributed by atoms with Crippen LogP contribution >= 0.6 is 11.3 Å². The van der Waals surface area contributed by atoms with Crippen LogP contribution < -0.4 is 30.5 Å². The lowest BCUT2D eigenvalue weighted by Crippen LogP contribution is -2.59. The third kappa shape index (κ3) is 11.1. The van der Waals surface area contributed by atoms with Crippen LogP contribution in [0.25, 0.3) is 21.7 Å². The van der Waals surface area contributed by atoms with E-state index in [1.165, 1.54) is 10.5 Å². The number of thiazole rings is 1. The second-order valence-electron chi connectivity index (χ2n) is 21.6. The number of amides is 3. The number of β-amino-alcohol motifs (C(OH)–C–C–N with tert-alkyl or cyclic N) is 1. The van der Waals surface area contributed by atoms with Gasteiger partial charge < -0.3 is 50.5 Å². The number of benzene rings is 2. The topological polar surface area (TPSA) is 214 Å². The number of halogens is 1. The van der Waals surface area contributed by atoms with E-state index >= 15 is 0 Å². The molecule has 4 atom stereocenters. The van der Waals surface area contributed by atoms with Crippen molar-refractivity contribution >= 4 is 46.5 Å². The number of piperidine rings is 1. The molecule has 18 nitrogen and oxygen atoms in total. The zero-order valence-electron chi connectivity index (χ0n) is 42.6. The van der Waals surface area contributed by atoms with E-state index in [2.05, 4.69) is 45.8 Å². The number of phenols is 1. The summed E-state index contributed by atoms with van der Waals surface area (Å²) in [5, 5.41) is 39.0. The number of phenolic OH excluding ortho intramolecular Hbond substituents is 1. The van der Waals surface area contributed by atoms with Crippen molar-refractivity contribution in [3.63, 3.8) is 0 Å². The lowest BCUT2D eigenvalue weighted by molar-refractivity contribution is -0.145. The predicted octanol–water partition coefficient (Wildman–Crippen LogP) is 5.84. The molecule has 5 N–H and O–H groups in total. The minimum atomic E-state index is -1.97. The summed E-state index contributed by atoms with van der Waals surface area (Å²) in [6, 6.07) is 13.3. The smallest absolute Gasteiger partial charge is 0.258 e. The van der Waals surface area contributed by atoms with Crippen molar-refractivity contribution in [2.75, 3.05) is 74.1 Å². The SMILES string of the molecule is Cc1ncsc1-c1ccc(CNC(=O)[C@@H]2C[C@@H](O)CN2C(=O)[C@@H](NC(=O)C2(F)CC2)C(C)(C)C)c(OCCCCN2CCC(c3cnc(N4CCN5c6cc(-c7ccccc7O)nnc6NC[C@H]5C4)nc3)CC2)c1. The van der Waals surface area contributed by atoms with Gasteiger partial charge in [-0.3, -0.25) is 14.4 Å². The first-order valence-corrected chi connectivity index (χ1v) is 26.9. The molecule has 4 aliphatic heterocycles. The van der Waals surface area contributed by atoms with Crippen molar-refractivity contribution in [3.05, 3.63) is 83.3 Å². The highest BCUT2D eigenvalue weighted by Gasteiger charge is 2.53. The van der Waals surface area contributed by atoms with Crippen molar-refractivity contribution in [2.45, 2.75) is 115 Å². The molecule has 0 radical (unpaired) electrons. The Hall–Kier alpha value is -6.51. The molecular weight excluding hydrogens is 964 g/mol. The Labute approximate surface area is 435 Å². The van der Waals surface area contributed by atoms with Gasteiger partial charge in [0.1, 0.15) is 23.6 Å². The molecule has 10 rings (SSSR count). The zero-order chi connectivity index (χ0) is 51.7. The number of aromatic nitrogens is 5. The number of carbonyl (C=O) groups is 3. The number of hydrogen-bond donors (Lipinski definition) is 5. The Morgan fingerprint density at radius 1 is 0.986 bits per heavy atom. The first-order chi connectivity index (χ1) is 35.6. The quantitative estimate of drug-likeness (QED) is 0.0735. The molecule has 7 heterocycles. The summed E-state index contributed by atoms with van der Waals surface area (Å²) in [6.45, 7) is 13.8. The van der Waals surface area contributed by atoms with Crippen LogP contribution in [0.15, 0.2) is 66.4 Å². The van der Waals surface area contributed by atoms with Crippen LogP contribution in [0.3, 0.4) is 0 Å². The number of alkyl halides is 1. The van der Waals surface area contributed by atoms with Gasteiger partial charge in [-0.15, -0.1) is 21.5 Å². The fraction of sp³-hybridized carbons (Fsp3) is 0.519. The molecule has 3 amide bonds. The summed E-state index contributed by atoms with van der Waals surface area (Å²) >= 11 is 1.55. The van der Waals surface area contributed by atoms with Gasteiger partial charge in [0, 0.05) is 69.2 Å². The highest BCUT2D eigenvalue weighted by Crippen LogP contribution is 2.41. The number of nitrogens with zero attached hydrogens (tertiary/aromatic N) is 9. The monoisotopic (exact) mass is 1030 g/mol. The van der Waals surface area contributed by atoms with Crippen LogP contribution in [-0.4, -0.2) is 152 Å². The average molecular weight is 1030 g/mol. The van der Waals surface area contributed by atoms with Crippen LogP contribution in [-0.2, 0) is 20.9 Å². The van der Waals surface area contributed by atoms with E-state index < -0.39 is 47.0 Å². The third-order valence-electron chi connectivity index (χ3n) is 15.3. The van der Waals surface area contributed by atoms with Gasteiger partial charge in [0.05, 0.1) is 46.2 Å². The number of piperazine rings is 1. The van der Waals surface area contributed by atoms with Crippen LogP contribution in [0.4, 0.5) is 21.8 Å². The standard InChI is InChI=1S/C54H67FN12O6S/c1-33-46(74-32-60-33)35-11-12-36(26-57-49(70)43-24-39(68)31-67(43)50(71)47(53(2,3)4)61-51(72)54(55)15-16-54)45(23-35)73-22-8-7-17-64-18-13-34(14-19-64)37-27-58-52(59-28-37)65-20-21-66-38(30-65)29-56-48-42(66)25-41(62-63-48)40-9-5-6-10-44(40)69/h5-6,9-12,23,25,27-28,32,34,38-39,43,47,68-69H,7-8,13-22,24,26,29-31H2,1-4H3,(H,56,63)(H,57,70)(H,61,72)/t38-,39+,43-,47+/m0/s1. The number of carbonyl (C=O) groups excluding carboxylic acids is 3.